The van der Waals surface area contributed by atoms with Crippen LogP contribution in [0.4, 0.5) is 0 Å². The molecular weight excluding hydrogens is 368 g/mol. The zero-order chi connectivity index (χ0) is 20.4. The molecule has 154 valence electrons. The van der Waals surface area contributed by atoms with Crippen LogP contribution in [-0.4, -0.2) is 42.6 Å². The van der Waals surface area contributed by atoms with Gasteiger partial charge in [0.25, 0.3) is 5.91 Å². The number of ether oxygens (including phenoxy) is 2. The standard InChI is InChI=1S/C23H28N2O4/c1-28-20-5-2-4-19(11-20)22(27)29-15-21(26)25(7-3-6-24)23-12-16-8-17(13-23)10-18(9-16)14-23/h2,4-5,11,16-18H,3,7-10,12-15H2,1H3. The van der Waals surface area contributed by atoms with E-state index in [-0.39, 0.29) is 18.1 Å². The molecule has 1 aromatic carbocycles. The zero-order valence-electron chi connectivity index (χ0n) is 16.9. The van der Waals surface area contributed by atoms with E-state index in [0.717, 1.165) is 19.3 Å². The fourth-order valence-corrected chi connectivity index (χ4v) is 6.22. The van der Waals surface area contributed by atoms with Gasteiger partial charge in [-0.05, 0) is 74.5 Å². The number of nitriles is 1. The SMILES string of the molecule is COc1cccc(C(=O)OCC(=O)N(CCC#N)C23CC4CC(CC(C4)C2)C3)c1. The first-order valence-electron chi connectivity index (χ1n) is 10.5. The van der Waals surface area contributed by atoms with E-state index in [1.807, 2.05) is 4.90 Å². The Balaban J connectivity index is 1.45. The van der Waals surface area contributed by atoms with E-state index in [9.17, 15) is 9.59 Å². The molecular formula is C23H28N2O4. The molecule has 0 unspecified atom stereocenters. The van der Waals surface area contributed by atoms with Gasteiger partial charge in [-0.1, -0.05) is 6.07 Å². The Hall–Kier alpha value is -2.55. The van der Waals surface area contributed by atoms with Gasteiger partial charge < -0.3 is 14.4 Å². The molecule has 0 saturated heterocycles. The zero-order valence-corrected chi connectivity index (χ0v) is 16.9. The first kappa shape index (κ1) is 19.8. The number of carbonyl (C=O) groups excluding carboxylic acids is 2. The minimum Gasteiger partial charge on any atom is -0.497 e. The molecule has 6 nitrogen and oxygen atoms in total. The molecule has 4 aliphatic carbocycles. The minimum atomic E-state index is -0.539. The number of hydrogen-bond donors (Lipinski definition) is 0. The smallest absolute Gasteiger partial charge is 0.338 e. The van der Waals surface area contributed by atoms with Crippen LogP contribution in [-0.2, 0) is 9.53 Å². The van der Waals surface area contributed by atoms with Crippen molar-refractivity contribution in [3.8, 4) is 11.8 Å². The molecule has 4 saturated carbocycles. The van der Waals surface area contributed by atoms with Crippen LogP contribution in [0.2, 0.25) is 0 Å². The highest BCUT2D eigenvalue weighted by Crippen LogP contribution is 2.57. The number of amides is 1. The molecule has 4 bridgehead atoms. The van der Waals surface area contributed by atoms with Crippen molar-refractivity contribution >= 4 is 11.9 Å². The van der Waals surface area contributed by atoms with Crippen molar-refractivity contribution in [3.63, 3.8) is 0 Å². The molecule has 1 aromatic rings. The van der Waals surface area contributed by atoms with E-state index in [4.69, 9.17) is 14.7 Å². The highest BCUT2D eigenvalue weighted by atomic mass is 16.5. The van der Waals surface area contributed by atoms with Gasteiger partial charge in [0.1, 0.15) is 5.75 Å². The van der Waals surface area contributed by atoms with Crippen LogP contribution in [0.3, 0.4) is 0 Å². The molecule has 0 heterocycles. The Morgan fingerprint density at radius 1 is 1.17 bits per heavy atom. The van der Waals surface area contributed by atoms with Gasteiger partial charge in [0.2, 0.25) is 0 Å². The monoisotopic (exact) mass is 396 g/mol. The summed E-state index contributed by atoms with van der Waals surface area (Å²) in [6.07, 6.45) is 7.23. The van der Waals surface area contributed by atoms with Crippen molar-refractivity contribution in [1.29, 1.82) is 5.26 Å². The number of methoxy groups -OCH3 is 1. The predicted octanol–water partition coefficient (Wildman–Crippen LogP) is 3.56. The Morgan fingerprint density at radius 3 is 2.41 bits per heavy atom. The summed E-state index contributed by atoms with van der Waals surface area (Å²) in [5.74, 6) is 1.92. The first-order valence-corrected chi connectivity index (χ1v) is 10.5. The molecule has 4 aliphatic rings. The Morgan fingerprint density at radius 2 is 1.83 bits per heavy atom. The highest BCUT2D eigenvalue weighted by molar-refractivity contribution is 5.91. The van der Waals surface area contributed by atoms with Crippen LogP contribution >= 0.6 is 0 Å². The van der Waals surface area contributed by atoms with E-state index >= 15 is 0 Å². The topological polar surface area (TPSA) is 79.6 Å². The second-order valence-electron chi connectivity index (χ2n) is 8.90. The van der Waals surface area contributed by atoms with Gasteiger partial charge in [-0.3, -0.25) is 4.79 Å². The lowest BCUT2D eigenvalue weighted by Crippen LogP contribution is -2.62. The van der Waals surface area contributed by atoms with Gasteiger partial charge in [-0.15, -0.1) is 0 Å². The summed E-state index contributed by atoms with van der Waals surface area (Å²) in [6.45, 7) is 0.126. The Labute approximate surface area is 171 Å². The second-order valence-corrected chi connectivity index (χ2v) is 8.90. The molecule has 0 aliphatic heterocycles. The number of carbonyl (C=O) groups is 2. The van der Waals surface area contributed by atoms with E-state index in [1.165, 1.54) is 26.4 Å². The van der Waals surface area contributed by atoms with Crippen molar-refractivity contribution in [1.82, 2.24) is 4.90 Å². The third kappa shape index (κ3) is 3.96. The summed E-state index contributed by atoms with van der Waals surface area (Å²) in [4.78, 5) is 27.4. The van der Waals surface area contributed by atoms with Crippen LogP contribution in [0.15, 0.2) is 24.3 Å². The summed E-state index contributed by atoms with van der Waals surface area (Å²) in [6, 6.07) is 8.87. The van der Waals surface area contributed by atoms with Crippen molar-refractivity contribution in [2.75, 3.05) is 20.3 Å². The maximum absolute atomic E-state index is 13.1. The van der Waals surface area contributed by atoms with Crippen LogP contribution in [0.1, 0.15) is 55.3 Å². The first-order chi connectivity index (χ1) is 14.0. The summed E-state index contributed by atoms with van der Waals surface area (Å²) in [5, 5.41) is 9.11. The maximum atomic E-state index is 13.1. The number of rotatable bonds is 7. The second kappa shape index (κ2) is 8.06. The number of esters is 1. The fourth-order valence-electron chi connectivity index (χ4n) is 6.22. The average Bonchev–Trinajstić information content (AvgIpc) is 2.71. The minimum absolute atomic E-state index is 0.148. The van der Waals surface area contributed by atoms with Crippen LogP contribution in [0, 0.1) is 29.1 Å². The van der Waals surface area contributed by atoms with E-state index in [0.29, 0.717) is 42.0 Å². The molecule has 0 N–H and O–H groups in total. The lowest BCUT2D eigenvalue weighted by atomic mass is 9.52. The van der Waals surface area contributed by atoms with E-state index < -0.39 is 5.97 Å². The Bertz CT molecular complexity index is 793. The van der Waals surface area contributed by atoms with Crippen molar-refractivity contribution in [2.24, 2.45) is 17.8 Å². The highest BCUT2D eigenvalue weighted by Gasteiger charge is 2.54. The van der Waals surface area contributed by atoms with Gasteiger partial charge in [0.15, 0.2) is 6.61 Å². The molecule has 29 heavy (non-hydrogen) atoms. The molecule has 0 atom stereocenters. The van der Waals surface area contributed by atoms with Crippen LogP contribution in [0.5, 0.6) is 5.75 Å². The van der Waals surface area contributed by atoms with Gasteiger partial charge in [-0.25, -0.2) is 4.79 Å². The van der Waals surface area contributed by atoms with Crippen LogP contribution < -0.4 is 4.74 Å². The largest absolute Gasteiger partial charge is 0.497 e. The fraction of sp³-hybridized carbons (Fsp3) is 0.609. The van der Waals surface area contributed by atoms with Gasteiger partial charge in [-0.2, -0.15) is 5.26 Å². The maximum Gasteiger partial charge on any atom is 0.338 e. The lowest BCUT2D eigenvalue weighted by Gasteiger charge is -2.60. The molecule has 4 fully saturated rings. The summed E-state index contributed by atoms with van der Waals surface area (Å²) in [5.41, 5.74) is 0.209. The predicted molar refractivity (Wildman–Crippen MR) is 106 cm³/mol. The van der Waals surface area contributed by atoms with Crippen molar-refractivity contribution in [3.05, 3.63) is 29.8 Å². The van der Waals surface area contributed by atoms with E-state index in [1.54, 1.807) is 24.3 Å². The summed E-state index contributed by atoms with van der Waals surface area (Å²) < 4.78 is 10.5. The number of hydrogen-bond acceptors (Lipinski definition) is 5. The van der Waals surface area contributed by atoms with E-state index in [2.05, 4.69) is 6.07 Å². The van der Waals surface area contributed by atoms with Gasteiger partial charge in [0.05, 0.1) is 25.2 Å². The van der Waals surface area contributed by atoms with Crippen LogP contribution in [0.25, 0.3) is 0 Å². The molecule has 5 rings (SSSR count). The normalized spacial score (nSPS) is 29.2. The van der Waals surface area contributed by atoms with Gasteiger partial charge in [0, 0.05) is 12.1 Å². The lowest BCUT2D eigenvalue weighted by molar-refractivity contribution is -0.153. The number of nitrogens with zero attached hydrogens (tertiary/aromatic N) is 2. The molecule has 6 heteroatoms. The molecule has 1 amide bonds. The molecule has 0 radical (unpaired) electrons. The third-order valence-electron chi connectivity index (χ3n) is 6.96. The average molecular weight is 396 g/mol. The molecule has 0 spiro atoms. The Kier molecular flexibility index (Phi) is 5.49. The number of benzene rings is 1. The van der Waals surface area contributed by atoms with Crippen molar-refractivity contribution in [2.45, 2.75) is 50.5 Å². The molecule has 0 aromatic heterocycles. The van der Waals surface area contributed by atoms with Crippen molar-refractivity contribution < 1.29 is 19.1 Å². The van der Waals surface area contributed by atoms with Gasteiger partial charge >= 0.3 is 5.97 Å². The summed E-state index contributed by atoms with van der Waals surface area (Å²) >= 11 is 0. The summed E-state index contributed by atoms with van der Waals surface area (Å²) in [7, 11) is 1.53. The quantitative estimate of drug-likeness (QED) is 0.659. The third-order valence-corrected chi connectivity index (χ3v) is 6.96.